The van der Waals surface area contributed by atoms with Gasteiger partial charge in [-0.25, -0.2) is 0 Å². The summed E-state index contributed by atoms with van der Waals surface area (Å²) in [5.74, 6) is -0.0547. The highest BCUT2D eigenvalue weighted by atomic mass is 32.1. The van der Waals surface area contributed by atoms with Crippen molar-refractivity contribution in [2.45, 2.75) is 40.2 Å². The summed E-state index contributed by atoms with van der Waals surface area (Å²) >= 11 is 1.76. The molecule has 3 rings (SSSR count). The molecule has 2 aromatic rings. The van der Waals surface area contributed by atoms with Crippen LogP contribution in [0.4, 0.5) is 0 Å². The van der Waals surface area contributed by atoms with Crippen LogP contribution in [0.15, 0.2) is 48.4 Å². The van der Waals surface area contributed by atoms with E-state index in [4.69, 9.17) is 0 Å². The molecule has 2 heterocycles. The zero-order valence-corrected chi connectivity index (χ0v) is 18.6. The van der Waals surface area contributed by atoms with E-state index in [0.29, 0.717) is 13.1 Å². The molecule has 0 saturated heterocycles. The Labute approximate surface area is 177 Å². The number of thiophene rings is 1. The summed E-state index contributed by atoms with van der Waals surface area (Å²) in [6, 6.07) is 10.3. The monoisotopic (exact) mass is 410 g/mol. The molecule has 4 nitrogen and oxygen atoms in total. The van der Waals surface area contributed by atoms with Crippen LogP contribution in [-0.4, -0.2) is 41.2 Å². The molecule has 0 saturated carbocycles. The number of fused-ring (bicyclic) bond motifs is 1. The number of amides is 2. The number of rotatable bonds is 5. The highest BCUT2D eigenvalue weighted by Gasteiger charge is 2.35. The van der Waals surface area contributed by atoms with Gasteiger partial charge in [-0.05, 0) is 41.5 Å². The second kappa shape index (κ2) is 8.54. The molecule has 1 aliphatic rings. The molecule has 1 aromatic heterocycles. The van der Waals surface area contributed by atoms with Gasteiger partial charge in [-0.1, -0.05) is 51.1 Å². The zero-order chi connectivity index (χ0) is 21.2. The maximum absolute atomic E-state index is 13.4. The molecule has 1 aliphatic heterocycles. The molecule has 0 radical (unpaired) electrons. The molecule has 0 spiro atoms. The van der Waals surface area contributed by atoms with E-state index in [2.05, 4.69) is 37.1 Å². The summed E-state index contributed by atoms with van der Waals surface area (Å²) < 4.78 is 0. The maximum Gasteiger partial charge on any atom is 0.243 e. The second-order valence-corrected chi connectivity index (χ2v) is 9.62. The lowest BCUT2D eigenvalue weighted by molar-refractivity contribution is -0.145. The molecule has 2 amide bonds. The molecule has 0 unspecified atom stereocenters. The van der Waals surface area contributed by atoms with E-state index < -0.39 is 5.41 Å². The zero-order valence-electron chi connectivity index (χ0n) is 17.8. The summed E-state index contributed by atoms with van der Waals surface area (Å²) in [4.78, 5) is 31.2. The molecule has 0 fully saturated rings. The first kappa shape index (κ1) is 21.3. The summed E-state index contributed by atoms with van der Waals surface area (Å²) in [6.07, 6.45) is 2.54. The smallest absolute Gasteiger partial charge is 0.243 e. The Hall–Kier alpha value is -2.40. The van der Waals surface area contributed by atoms with E-state index in [1.807, 2.05) is 37.8 Å². The summed E-state index contributed by atoms with van der Waals surface area (Å²) in [7, 11) is 0. The number of nitrogens with zero attached hydrogens (tertiary/aromatic N) is 2. The van der Waals surface area contributed by atoms with Gasteiger partial charge in [0.1, 0.15) is 6.54 Å². The largest absolute Gasteiger partial charge is 0.330 e. The van der Waals surface area contributed by atoms with Crippen molar-refractivity contribution in [1.82, 2.24) is 9.80 Å². The Balaban J connectivity index is 1.93. The third kappa shape index (κ3) is 4.45. The second-order valence-electron chi connectivity index (χ2n) is 8.62. The van der Waals surface area contributed by atoms with Crippen LogP contribution in [0.1, 0.15) is 48.4 Å². The van der Waals surface area contributed by atoms with Gasteiger partial charge in [0.15, 0.2) is 0 Å². The van der Waals surface area contributed by atoms with Crippen LogP contribution < -0.4 is 0 Å². The molecule has 5 heteroatoms. The van der Waals surface area contributed by atoms with Crippen LogP contribution in [0.25, 0.3) is 0 Å². The van der Waals surface area contributed by atoms with Gasteiger partial charge in [0.25, 0.3) is 0 Å². The summed E-state index contributed by atoms with van der Waals surface area (Å²) in [6.45, 7) is 12.6. The van der Waals surface area contributed by atoms with Gasteiger partial charge >= 0.3 is 0 Å². The fourth-order valence-electron chi connectivity index (χ4n) is 3.92. The van der Waals surface area contributed by atoms with Gasteiger partial charge in [0.05, 0.1) is 6.04 Å². The van der Waals surface area contributed by atoms with Crippen LogP contribution in [0.3, 0.4) is 0 Å². The molecule has 0 bridgehead atoms. The van der Waals surface area contributed by atoms with Crippen LogP contribution in [-0.2, 0) is 16.0 Å². The first-order chi connectivity index (χ1) is 13.7. The lowest BCUT2D eigenvalue weighted by Gasteiger charge is -2.38. The van der Waals surface area contributed by atoms with Crippen LogP contribution >= 0.6 is 11.3 Å². The quantitative estimate of drug-likeness (QED) is 0.677. The van der Waals surface area contributed by atoms with Gasteiger partial charge in [-0.15, -0.1) is 17.9 Å². The third-order valence-corrected chi connectivity index (χ3v) is 6.37. The standard InChI is InChI=1S/C24H30N2O2S/c1-6-13-25(23(28)24(3,4)5)16-21(27)26-14-11-20-19(12-15-29-20)22(26)18-10-8-7-9-17(18)2/h6-10,12,15,22H,1,11,13-14,16H2,2-5H3/t22-/m0/s1. The Morgan fingerprint density at radius 3 is 2.62 bits per heavy atom. The summed E-state index contributed by atoms with van der Waals surface area (Å²) in [5.41, 5.74) is 2.99. The minimum Gasteiger partial charge on any atom is -0.330 e. The van der Waals surface area contributed by atoms with Crippen molar-refractivity contribution in [3.8, 4) is 0 Å². The number of aryl methyl sites for hydroxylation is 1. The van der Waals surface area contributed by atoms with Gasteiger partial charge in [0.2, 0.25) is 11.8 Å². The first-order valence-corrected chi connectivity index (χ1v) is 10.9. The van der Waals surface area contributed by atoms with E-state index >= 15 is 0 Å². The van der Waals surface area contributed by atoms with E-state index in [9.17, 15) is 9.59 Å². The normalized spacial score (nSPS) is 16.3. The predicted octanol–water partition coefficient (Wildman–Crippen LogP) is 4.59. The molecular weight excluding hydrogens is 380 g/mol. The van der Waals surface area contributed by atoms with E-state index in [1.54, 1.807) is 22.3 Å². The average Bonchev–Trinajstić information content (AvgIpc) is 3.15. The van der Waals surface area contributed by atoms with Crippen LogP contribution in [0.5, 0.6) is 0 Å². The Bertz CT molecular complexity index is 910. The lowest BCUT2D eigenvalue weighted by Crippen LogP contribution is -2.49. The summed E-state index contributed by atoms with van der Waals surface area (Å²) in [5, 5.41) is 2.11. The van der Waals surface area contributed by atoms with Crippen LogP contribution in [0.2, 0.25) is 0 Å². The van der Waals surface area contributed by atoms with Gasteiger partial charge < -0.3 is 9.80 Å². The Kier molecular flexibility index (Phi) is 6.27. The molecular formula is C24H30N2O2S. The predicted molar refractivity (Wildman–Crippen MR) is 119 cm³/mol. The first-order valence-electron chi connectivity index (χ1n) is 10.1. The van der Waals surface area contributed by atoms with E-state index in [0.717, 1.165) is 12.0 Å². The van der Waals surface area contributed by atoms with Crippen LogP contribution in [0, 0.1) is 12.3 Å². The number of carbonyl (C=O) groups excluding carboxylic acids is 2. The van der Waals surface area contributed by atoms with Crippen molar-refractivity contribution in [1.29, 1.82) is 0 Å². The number of carbonyl (C=O) groups is 2. The van der Waals surface area contributed by atoms with Crippen molar-refractivity contribution >= 4 is 23.2 Å². The number of benzene rings is 1. The van der Waals surface area contributed by atoms with Gasteiger partial charge in [0, 0.05) is 23.4 Å². The van der Waals surface area contributed by atoms with Crippen molar-refractivity contribution < 1.29 is 9.59 Å². The van der Waals surface area contributed by atoms with Gasteiger partial charge in [-0.2, -0.15) is 0 Å². The maximum atomic E-state index is 13.4. The van der Waals surface area contributed by atoms with Crippen molar-refractivity contribution in [2.24, 2.45) is 5.41 Å². The fraction of sp³-hybridized carbons (Fsp3) is 0.417. The molecule has 0 N–H and O–H groups in total. The van der Waals surface area contributed by atoms with Crippen molar-refractivity contribution in [3.05, 3.63) is 69.9 Å². The van der Waals surface area contributed by atoms with E-state index in [-0.39, 0.29) is 24.4 Å². The minimum absolute atomic E-state index is 0.0189. The molecule has 154 valence electrons. The number of hydrogen-bond acceptors (Lipinski definition) is 3. The third-order valence-electron chi connectivity index (χ3n) is 5.37. The lowest BCUT2D eigenvalue weighted by atomic mass is 9.90. The Morgan fingerprint density at radius 2 is 1.97 bits per heavy atom. The molecule has 1 aromatic carbocycles. The SMILES string of the molecule is C=CCN(CC(=O)N1CCc2sccc2[C@@H]1c1ccccc1C)C(=O)C(C)(C)C. The number of hydrogen-bond donors (Lipinski definition) is 0. The molecule has 1 atom stereocenters. The van der Waals surface area contributed by atoms with Gasteiger partial charge in [-0.3, -0.25) is 9.59 Å². The Morgan fingerprint density at radius 1 is 1.24 bits per heavy atom. The van der Waals surface area contributed by atoms with Crippen molar-refractivity contribution in [3.63, 3.8) is 0 Å². The average molecular weight is 411 g/mol. The fourth-order valence-corrected chi connectivity index (χ4v) is 4.82. The molecule has 29 heavy (non-hydrogen) atoms. The highest BCUT2D eigenvalue weighted by molar-refractivity contribution is 7.10. The topological polar surface area (TPSA) is 40.6 Å². The van der Waals surface area contributed by atoms with E-state index in [1.165, 1.54) is 16.0 Å². The van der Waals surface area contributed by atoms with Crippen molar-refractivity contribution in [2.75, 3.05) is 19.6 Å². The minimum atomic E-state index is -0.541. The molecule has 0 aliphatic carbocycles. The highest BCUT2D eigenvalue weighted by Crippen LogP contribution is 2.39.